The highest BCUT2D eigenvalue weighted by Gasteiger charge is 2.28. The van der Waals surface area contributed by atoms with Crippen molar-refractivity contribution in [2.75, 3.05) is 10.6 Å². The maximum absolute atomic E-state index is 12.2. The monoisotopic (exact) mass is 224 g/mol. The van der Waals surface area contributed by atoms with Gasteiger partial charge in [0.05, 0.1) is 17.9 Å². The second-order valence-electron chi connectivity index (χ2n) is 4.11. The first-order valence-electron chi connectivity index (χ1n) is 5.51. The predicted octanol–water partition coefficient (Wildman–Crippen LogP) is 2.43. The van der Waals surface area contributed by atoms with Crippen LogP contribution < -0.4 is 10.6 Å². The van der Waals surface area contributed by atoms with E-state index in [1.807, 2.05) is 48.5 Å². The van der Waals surface area contributed by atoms with Gasteiger partial charge in [-0.25, -0.2) is 0 Å². The van der Waals surface area contributed by atoms with Crippen LogP contribution in [0.1, 0.15) is 15.9 Å². The van der Waals surface area contributed by atoms with Gasteiger partial charge in [-0.3, -0.25) is 4.79 Å². The Kier molecular flexibility index (Phi) is 2.11. The molecule has 3 nitrogen and oxygen atoms in total. The average molecular weight is 224 g/mol. The molecule has 2 aromatic carbocycles. The quantitative estimate of drug-likeness (QED) is 0.756. The number of rotatable bonds is 1. The molecule has 0 spiro atoms. The third-order valence-electron chi connectivity index (χ3n) is 3.05. The minimum absolute atomic E-state index is 0.0264. The molecule has 0 saturated heterocycles. The molecule has 0 saturated carbocycles. The number of nitrogens with two attached hydrogens (primary N) is 1. The Morgan fingerprint density at radius 3 is 2.47 bits per heavy atom. The van der Waals surface area contributed by atoms with E-state index in [9.17, 15) is 4.79 Å². The van der Waals surface area contributed by atoms with E-state index >= 15 is 0 Å². The normalized spacial score (nSPS) is 13.9. The van der Waals surface area contributed by atoms with Crippen LogP contribution in [-0.4, -0.2) is 5.91 Å². The summed E-state index contributed by atoms with van der Waals surface area (Å²) < 4.78 is 0. The number of nitrogen functional groups attached to an aromatic ring is 1. The fraction of sp³-hybridized carbons (Fsp3) is 0.0714. The fourth-order valence-corrected chi connectivity index (χ4v) is 2.18. The van der Waals surface area contributed by atoms with Gasteiger partial charge >= 0.3 is 0 Å². The van der Waals surface area contributed by atoms with Gasteiger partial charge in [0.25, 0.3) is 5.91 Å². The molecule has 2 aromatic rings. The van der Waals surface area contributed by atoms with Crippen molar-refractivity contribution in [3.05, 3.63) is 59.7 Å². The maximum Gasteiger partial charge on any atom is 0.258 e. The van der Waals surface area contributed by atoms with Gasteiger partial charge in [-0.05, 0) is 23.8 Å². The van der Waals surface area contributed by atoms with E-state index in [0.29, 0.717) is 12.2 Å². The summed E-state index contributed by atoms with van der Waals surface area (Å²) in [7, 11) is 0. The summed E-state index contributed by atoms with van der Waals surface area (Å²) in [5.41, 5.74) is 9.15. The molecule has 0 aromatic heterocycles. The lowest BCUT2D eigenvalue weighted by molar-refractivity contribution is 0.0996. The van der Waals surface area contributed by atoms with E-state index in [1.54, 1.807) is 4.90 Å². The summed E-state index contributed by atoms with van der Waals surface area (Å²) in [4.78, 5) is 13.9. The van der Waals surface area contributed by atoms with Crippen LogP contribution in [0.3, 0.4) is 0 Å². The molecule has 17 heavy (non-hydrogen) atoms. The van der Waals surface area contributed by atoms with Crippen LogP contribution >= 0.6 is 0 Å². The topological polar surface area (TPSA) is 46.3 Å². The smallest absolute Gasteiger partial charge is 0.258 e. The second-order valence-corrected chi connectivity index (χ2v) is 4.11. The van der Waals surface area contributed by atoms with Crippen molar-refractivity contribution in [3.8, 4) is 0 Å². The zero-order valence-electron chi connectivity index (χ0n) is 9.26. The first kappa shape index (κ1) is 9.90. The van der Waals surface area contributed by atoms with Gasteiger partial charge in [-0.1, -0.05) is 30.3 Å². The Labute approximate surface area is 99.5 Å². The molecule has 3 heteroatoms. The molecule has 0 bridgehead atoms. The molecular weight excluding hydrogens is 212 g/mol. The van der Waals surface area contributed by atoms with E-state index in [0.717, 1.165) is 16.8 Å². The maximum atomic E-state index is 12.2. The number of amides is 1. The number of nitrogens with zero attached hydrogens (tertiary/aromatic N) is 1. The van der Waals surface area contributed by atoms with Crippen LogP contribution in [0.2, 0.25) is 0 Å². The first-order chi connectivity index (χ1) is 8.27. The number of anilines is 2. The van der Waals surface area contributed by atoms with Crippen molar-refractivity contribution in [3.63, 3.8) is 0 Å². The van der Waals surface area contributed by atoms with Crippen LogP contribution in [0.5, 0.6) is 0 Å². The Morgan fingerprint density at radius 2 is 1.71 bits per heavy atom. The molecule has 0 radical (unpaired) electrons. The number of carbonyl (C=O) groups excluding carboxylic acids is 1. The van der Waals surface area contributed by atoms with Crippen LogP contribution in [0.25, 0.3) is 0 Å². The molecular formula is C14H12N2O. The lowest BCUT2D eigenvalue weighted by Gasteiger charge is -2.17. The Morgan fingerprint density at radius 1 is 1.00 bits per heavy atom. The molecule has 1 aliphatic rings. The number of hydrogen-bond acceptors (Lipinski definition) is 2. The molecule has 0 atom stereocenters. The fourth-order valence-electron chi connectivity index (χ4n) is 2.18. The second kappa shape index (κ2) is 3.63. The summed E-state index contributed by atoms with van der Waals surface area (Å²) in [5.74, 6) is 0.0264. The summed E-state index contributed by atoms with van der Waals surface area (Å²) >= 11 is 0. The number of hydrogen-bond donors (Lipinski definition) is 1. The third-order valence-corrected chi connectivity index (χ3v) is 3.05. The summed E-state index contributed by atoms with van der Waals surface area (Å²) in [6.07, 6.45) is 0. The van der Waals surface area contributed by atoms with E-state index in [2.05, 4.69) is 0 Å². The van der Waals surface area contributed by atoms with E-state index < -0.39 is 0 Å². The number of fused-ring (bicyclic) bond motifs is 1. The molecule has 84 valence electrons. The van der Waals surface area contributed by atoms with Gasteiger partial charge < -0.3 is 10.6 Å². The van der Waals surface area contributed by atoms with Crippen LogP contribution in [0, 0.1) is 0 Å². The van der Waals surface area contributed by atoms with Crippen LogP contribution in [0.15, 0.2) is 48.5 Å². The Balaban J connectivity index is 2.05. The van der Waals surface area contributed by atoms with E-state index in [1.165, 1.54) is 0 Å². The number of benzene rings is 2. The van der Waals surface area contributed by atoms with E-state index in [-0.39, 0.29) is 5.91 Å². The van der Waals surface area contributed by atoms with Gasteiger partial charge in [0.1, 0.15) is 0 Å². The van der Waals surface area contributed by atoms with E-state index in [4.69, 9.17) is 5.73 Å². The highest BCUT2D eigenvalue weighted by Crippen LogP contribution is 2.31. The summed E-state index contributed by atoms with van der Waals surface area (Å²) in [6.45, 7) is 0.600. The van der Waals surface area contributed by atoms with Crippen LogP contribution in [0.4, 0.5) is 11.4 Å². The SMILES string of the molecule is Nc1ccccc1N1Cc2ccccc2C1=O. The first-order valence-corrected chi connectivity index (χ1v) is 5.51. The van der Waals surface area contributed by atoms with Crippen molar-refractivity contribution < 1.29 is 4.79 Å². The highest BCUT2D eigenvalue weighted by atomic mass is 16.2. The predicted molar refractivity (Wildman–Crippen MR) is 67.8 cm³/mol. The van der Waals surface area contributed by atoms with Gasteiger partial charge in [0.15, 0.2) is 0 Å². The molecule has 3 rings (SSSR count). The lowest BCUT2D eigenvalue weighted by atomic mass is 10.1. The van der Waals surface area contributed by atoms with Gasteiger partial charge in [-0.2, -0.15) is 0 Å². The van der Waals surface area contributed by atoms with Crippen molar-refractivity contribution in [1.82, 2.24) is 0 Å². The number of para-hydroxylation sites is 2. The minimum atomic E-state index is 0.0264. The van der Waals surface area contributed by atoms with Crippen molar-refractivity contribution >= 4 is 17.3 Å². The van der Waals surface area contributed by atoms with Gasteiger partial charge in [0.2, 0.25) is 0 Å². The molecule has 0 unspecified atom stereocenters. The summed E-state index contributed by atoms with van der Waals surface area (Å²) in [6, 6.07) is 15.1. The van der Waals surface area contributed by atoms with Crippen molar-refractivity contribution in [2.24, 2.45) is 0 Å². The zero-order chi connectivity index (χ0) is 11.8. The molecule has 1 amide bonds. The third kappa shape index (κ3) is 1.47. The standard InChI is InChI=1S/C14H12N2O/c15-12-7-3-4-8-13(12)16-9-10-5-1-2-6-11(10)14(16)17/h1-8H,9,15H2. The molecule has 0 aliphatic carbocycles. The molecule has 1 heterocycles. The van der Waals surface area contributed by atoms with Gasteiger partial charge in [0, 0.05) is 5.56 Å². The van der Waals surface area contributed by atoms with Gasteiger partial charge in [-0.15, -0.1) is 0 Å². The average Bonchev–Trinajstić information content (AvgIpc) is 2.68. The number of carbonyl (C=O) groups is 1. The molecule has 0 fully saturated rings. The molecule has 2 N–H and O–H groups in total. The lowest BCUT2D eigenvalue weighted by Crippen LogP contribution is -2.23. The van der Waals surface area contributed by atoms with Crippen molar-refractivity contribution in [2.45, 2.75) is 6.54 Å². The van der Waals surface area contributed by atoms with Crippen molar-refractivity contribution in [1.29, 1.82) is 0 Å². The Hall–Kier alpha value is -2.29. The zero-order valence-corrected chi connectivity index (χ0v) is 9.26. The highest BCUT2D eigenvalue weighted by molar-refractivity contribution is 6.11. The Bertz CT molecular complexity index is 592. The molecule has 1 aliphatic heterocycles. The largest absolute Gasteiger partial charge is 0.397 e. The summed E-state index contributed by atoms with van der Waals surface area (Å²) in [5, 5.41) is 0. The van der Waals surface area contributed by atoms with Crippen LogP contribution in [-0.2, 0) is 6.54 Å². The minimum Gasteiger partial charge on any atom is -0.397 e.